The summed E-state index contributed by atoms with van der Waals surface area (Å²) in [5.41, 5.74) is -0.373. The lowest BCUT2D eigenvalue weighted by molar-refractivity contribution is -0.285. The minimum absolute atomic E-state index is 0.0391. The van der Waals surface area contributed by atoms with Crippen LogP contribution >= 0.6 is 0 Å². The predicted octanol–water partition coefficient (Wildman–Crippen LogP) is 3.36. The van der Waals surface area contributed by atoms with Gasteiger partial charge in [0.25, 0.3) is 0 Å². The third-order valence-electron chi connectivity index (χ3n) is 2.94. The molecular formula is C12H9F6N3O. The average molecular weight is 325 g/mol. The van der Waals surface area contributed by atoms with Gasteiger partial charge in [-0.1, -0.05) is 0 Å². The number of hydrogen-bond acceptors (Lipinski definition) is 3. The van der Waals surface area contributed by atoms with Crippen LogP contribution < -0.4 is 0 Å². The SMILES string of the molecule is CC(=O)c1nn(CCC(F)(F)C(F)(F)F)c2ncc(F)cc12. The van der Waals surface area contributed by atoms with Gasteiger partial charge in [0.1, 0.15) is 11.5 Å². The van der Waals surface area contributed by atoms with Gasteiger partial charge < -0.3 is 0 Å². The monoisotopic (exact) mass is 325 g/mol. The maximum atomic E-state index is 13.1. The Morgan fingerprint density at radius 2 is 1.91 bits per heavy atom. The molecule has 0 atom stereocenters. The number of alkyl halides is 5. The van der Waals surface area contributed by atoms with E-state index in [1.54, 1.807) is 0 Å². The van der Waals surface area contributed by atoms with Crippen LogP contribution in [-0.2, 0) is 6.54 Å². The number of carbonyl (C=O) groups excluding carboxylic acids is 1. The zero-order valence-electron chi connectivity index (χ0n) is 11.1. The van der Waals surface area contributed by atoms with Crippen LogP contribution in [0.1, 0.15) is 23.8 Å². The molecule has 2 rings (SSSR count). The molecule has 0 unspecified atom stereocenters. The second-order valence-electron chi connectivity index (χ2n) is 4.60. The molecule has 0 aliphatic carbocycles. The minimum Gasteiger partial charge on any atom is -0.293 e. The number of fused-ring (bicyclic) bond motifs is 1. The molecule has 0 amide bonds. The third kappa shape index (κ3) is 2.90. The zero-order chi connectivity index (χ0) is 16.7. The van der Waals surface area contributed by atoms with Gasteiger partial charge in [-0.05, 0) is 6.07 Å². The van der Waals surface area contributed by atoms with E-state index >= 15 is 0 Å². The van der Waals surface area contributed by atoms with Crippen molar-refractivity contribution in [3.63, 3.8) is 0 Å². The van der Waals surface area contributed by atoms with Crippen LogP contribution in [0.25, 0.3) is 11.0 Å². The molecule has 0 saturated carbocycles. The lowest BCUT2D eigenvalue weighted by atomic mass is 10.2. The summed E-state index contributed by atoms with van der Waals surface area (Å²) in [5.74, 6) is -6.27. The highest BCUT2D eigenvalue weighted by Crippen LogP contribution is 2.38. The first-order valence-electron chi connectivity index (χ1n) is 6.00. The molecular weight excluding hydrogens is 316 g/mol. The molecule has 0 aliphatic rings. The van der Waals surface area contributed by atoms with Gasteiger partial charge in [0.15, 0.2) is 11.4 Å². The smallest absolute Gasteiger partial charge is 0.293 e. The van der Waals surface area contributed by atoms with Crippen LogP contribution in [0.4, 0.5) is 26.3 Å². The quantitative estimate of drug-likeness (QED) is 0.640. The van der Waals surface area contributed by atoms with Crippen LogP contribution in [0.2, 0.25) is 0 Å². The number of rotatable bonds is 4. The molecule has 2 heterocycles. The molecule has 4 nitrogen and oxygen atoms in total. The van der Waals surface area contributed by atoms with Gasteiger partial charge in [-0.3, -0.25) is 4.79 Å². The molecule has 2 aromatic heterocycles. The third-order valence-corrected chi connectivity index (χ3v) is 2.94. The van der Waals surface area contributed by atoms with E-state index < -0.39 is 36.7 Å². The molecule has 120 valence electrons. The number of pyridine rings is 1. The summed E-state index contributed by atoms with van der Waals surface area (Å²) in [6.45, 7) is 0.288. The Balaban J connectivity index is 2.39. The molecule has 0 aliphatic heterocycles. The van der Waals surface area contributed by atoms with E-state index in [1.165, 1.54) is 0 Å². The largest absolute Gasteiger partial charge is 0.453 e. The van der Waals surface area contributed by atoms with E-state index in [1.807, 2.05) is 0 Å². The van der Waals surface area contributed by atoms with Gasteiger partial charge >= 0.3 is 12.1 Å². The van der Waals surface area contributed by atoms with Crippen molar-refractivity contribution < 1.29 is 31.1 Å². The number of ketones is 1. The number of carbonyl (C=O) groups is 1. The molecule has 10 heteroatoms. The second kappa shape index (κ2) is 5.25. The number of Topliss-reactive ketones (excluding diaryl/α,β-unsaturated/α-hetero) is 1. The number of aromatic nitrogens is 3. The van der Waals surface area contributed by atoms with Crippen molar-refractivity contribution in [2.24, 2.45) is 0 Å². The van der Waals surface area contributed by atoms with Crippen molar-refractivity contribution in [1.29, 1.82) is 0 Å². The van der Waals surface area contributed by atoms with Crippen molar-refractivity contribution in [1.82, 2.24) is 14.8 Å². The molecule has 2 aromatic rings. The van der Waals surface area contributed by atoms with E-state index in [9.17, 15) is 31.1 Å². The van der Waals surface area contributed by atoms with Crippen LogP contribution in [0.5, 0.6) is 0 Å². The summed E-state index contributed by atoms with van der Waals surface area (Å²) in [7, 11) is 0. The average Bonchev–Trinajstić information content (AvgIpc) is 2.73. The highest BCUT2D eigenvalue weighted by atomic mass is 19.4. The summed E-state index contributed by atoms with van der Waals surface area (Å²) in [4.78, 5) is 15.0. The summed E-state index contributed by atoms with van der Waals surface area (Å²) < 4.78 is 76.2. The highest BCUT2D eigenvalue weighted by Gasteiger charge is 2.56. The summed E-state index contributed by atoms with van der Waals surface area (Å²) in [6, 6.07) is 0.921. The molecule has 22 heavy (non-hydrogen) atoms. The Bertz CT molecular complexity index is 721. The van der Waals surface area contributed by atoms with Gasteiger partial charge in [-0.25, -0.2) is 14.1 Å². The molecule has 0 radical (unpaired) electrons. The lowest BCUT2D eigenvalue weighted by Crippen LogP contribution is -2.37. The van der Waals surface area contributed by atoms with Crippen LogP contribution in [0, 0.1) is 5.82 Å². The van der Waals surface area contributed by atoms with E-state index in [4.69, 9.17) is 0 Å². The van der Waals surface area contributed by atoms with E-state index in [0.29, 0.717) is 0 Å². The first-order chi connectivity index (χ1) is 10.0. The second-order valence-corrected chi connectivity index (χ2v) is 4.60. The zero-order valence-corrected chi connectivity index (χ0v) is 11.1. The van der Waals surface area contributed by atoms with Crippen LogP contribution in [0.15, 0.2) is 12.3 Å². The molecule has 0 aromatic carbocycles. The summed E-state index contributed by atoms with van der Waals surface area (Å²) in [5, 5.41) is 3.61. The molecule has 0 fully saturated rings. The van der Waals surface area contributed by atoms with Gasteiger partial charge in [-0.15, -0.1) is 0 Å². The Morgan fingerprint density at radius 3 is 2.45 bits per heavy atom. The maximum absolute atomic E-state index is 13.1. The van der Waals surface area contributed by atoms with E-state index in [2.05, 4.69) is 10.1 Å². The summed E-state index contributed by atoms with van der Waals surface area (Å²) in [6.07, 6.45) is -6.49. The topological polar surface area (TPSA) is 47.8 Å². The molecule has 0 bridgehead atoms. The van der Waals surface area contributed by atoms with E-state index in [-0.39, 0.29) is 16.7 Å². The molecule has 0 saturated heterocycles. The normalized spacial score (nSPS) is 12.9. The number of aryl methyl sites for hydroxylation is 1. The minimum atomic E-state index is -5.68. The Labute approximate surface area is 119 Å². The fourth-order valence-corrected chi connectivity index (χ4v) is 1.84. The standard InChI is InChI=1S/C12H9F6N3O/c1-6(22)9-8-4-7(13)5-19-10(8)21(20-9)3-2-11(14,15)12(16,17)18/h4-5H,2-3H2,1H3. The van der Waals surface area contributed by atoms with Crippen LogP contribution in [0.3, 0.4) is 0 Å². The first kappa shape index (κ1) is 16.2. The van der Waals surface area contributed by atoms with E-state index in [0.717, 1.165) is 23.9 Å². The van der Waals surface area contributed by atoms with Crippen molar-refractivity contribution in [3.8, 4) is 0 Å². The number of hydrogen-bond donors (Lipinski definition) is 0. The van der Waals surface area contributed by atoms with Crippen LogP contribution in [-0.4, -0.2) is 32.6 Å². The number of nitrogens with zero attached hydrogens (tertiary/aromatic N) is 3. The van der Waals surface area contributed by atoms with Crippen molar-refractivity contribution >= 4 is 16.8 Å². The van der Waals surface area contributed by atoms with Gasteiger partial charge in [0, 0.05) is 19.9 Å². The fraction of sp³-hybridized carbons (Fsp3) is 0.417. The predicted molar refractivity (Wildman–Crippen MR) is 63.1 cm³/mol. The van der Waals surface area contributed by atoms with Crippen molar-refractivity contribution in [3.05, 3.63) is 23.8 Å². The lowest BCUT2D eigenvalue weighted by Gasteiger charge is -2.19. The first-order valence-corrected chi connectivity index (χ1v) is 6.00. The van der Waals surface area contributed by atoms with Crippen molar-refractivity contribution in [2.75, 3.05) is 0 Å². The summed E-state index contributed by atoms with van der Waals surface area (Å²) >= 11 is 0. The Kier molecular flexibility index (Phi) is 3.88. The Hall–Kier alpha value is -2.13. The molecule has 0 spiro atoms. The van der Waals surface area contributed by atoms with Gasteiger partial charge in [0.2, 0.25) is 0 Å². The van der Waals surface area contributed by atoms with Gasteiger partial charge in [-0.2, -0.15) is 27.1 Å². The van der Waals surface area contributed by atoms with Crippen molar-refractivity contribution in [2.45, 2.75) is 32.0 Å². The highest BCUT2D eigenvalue weighted by molar-refractivity contribution is 6.03. The number of halogens is 6. The maximum Gasteiger partial charge on any atom is 0.453 e. The Morgan fingerprint density at radius 1 is 1.27 bits per heavy atom. The fourth-order valence-electron chi connectivity index (χ4n) is 1.84. The molecule has 0 N–H and O–H groups in total. The van der Waals surface area contributed by atoms with Gasteiger partial charge in [0.05, 0.1) is 11.6 Å².